The number of benzene rings is 1. The van der Waals surface area contributed by atoms with Gasteiger partial charge >= 0.3 is 0 Å². The summed E-state index contributed by atoms with van der Waals surface area (Å²) in [6.45, 7) is 6.46. The van der Waals surface area contributed by atoms with Gasteiger partial charge in [0.05, 0.1) is 17.8 Å². The van der Waals surface area contributed by atoms with Crippen molar-refractivity contribution in [3.05, 3.63) is 59.9 Å². The van der Waals surface area contributed by atoms with Gasteiger partial charge in [0.1, 0.15) is 12.4 Å². The first kappa shape index (κ1) is 25.2. The molecule has 0 saturated carbocycles. The van der Waals surface area contributed by atoms with Crippen molar-refractivity contribution < 1.29 is 9.53 Å². The van der Waals surface area contributed by atoms with Crippen LogP contribution >= 0.6 is 24.8 Å². The summed E-state index contributed by atoms with van der Waals surface area (Å²) in [5, 5.41) is 2.97. The number of ether oxygens (including phenoxy) is 1. The van der Waals surface area contributed by atoms with Crippen LogP contribution in [0.1, 0.15) is 44.5 Å². The van der Waals surface area contributed by atoms with E-state index in [9.17, 15) is 4.79 Å². The summed E-state index contributed by atoms with van der Waals surface area (Å²) in [5.74, 6) is 1.01. The fourth-order valence-corrected chi connectivity index (χ4v) is 2.53. The Balaban J connectivity index is 0.00000338. The highest BCUT2D eigenvalue weighted by molar-refractivity contribution is 5.85. The highest BCUT2D eigenvalue weighted by Crippen LogP contribution is 2.20. The van der Waals surface area contributed by atoms with E-state index in [4.69, 9.17) is 10.5 Å². The first-order valence-corrected chi connectivity index (χ1v) is 8.64. The van der Waals surface area contributed by atoms with Crippen LogP contribution in [0, 0.1) is 5.92 Å². The van der Waals surface area contributed by atoms with E-state index in [2.05, 4.69) is 24.1 Å². The highest BCUT2D eigenvalue weighted by Gasteiger charge is 2.17. The van der Waals surface area contributed by atoms with Crippen LogP contribution in [-0.4, -0.2) is 16.9 Å². The second-order valence-electron chi connectivity index (χ2n) is 6.65. The fourth-order valence-electron chi connectivity index (χ4n) is 2.53. The number of halogens is 2. The van der Waals surface area contributed by atoms with Gasteiger partial charge in [-0.3, -0.25) is 9.78 Å². The molecule has 1 unspecified atom stereocenters. The van der Waals surface area contributed by atoms with Crippen LogP contribution in [0.15, 0.2) is 48.7 Å². The zero-order valence-corrected chi connectivity index (χ0v) is 17.6. The molecule has 0 spiro atoms. The molecule has 150 valence electrons. The zero-order valence-electron chi connectivity index (χ0n) is 15.9. The number of hydrogen-bond acceptors (Lipinski definition) is 4. The Morgan fingerprint density at radius 2 is 1.89 bits per heavy atom. The molecule has 27 heavy (non-hydrogen) atoms. The standard InChI is InChI=1S/C20H27N3O2.2ClH/c1-14(2)11-19(21)20(24)23-15(3)16-7-6-9-18(12-16)25-13-17-8-4-5-10-22-17;;/h4-10,12,14-15,19H,11,13,21H2,1-3H3,(H,23,24);2*1H/t15?,19-;;/m0../s1. The van der Waals surface area contributed by atoms with Gasteiger partial charge < -0.3 is 15.8 Å². The summed E-state index contributed by atoms with van der Waals surface area (Å²) in [6, 6.07) is 12.8. The summed E-state index contributed by atoms with van der Waals surface area (Å²) in [6.07, 6.45) is 2.42. The van der Waals surface area contributed by atoms with Crippen LogP contribution in [0.5, 0.6) is 5.75 Å². The molecule has 2 aromatic rings. The summed E-state index contributed by atoms with van der Waals surface area (Å²) in [7, 11) is 0. The van der Waals surface area contributed by atoms with Gasteiger partial charge in [-0.15, -0.1) is 24.8 Å². The van der Waals surface area contributed by atoms with Crippen molar-refractivity contribution in [1.29, 1.82) is 0 Å². The maximum absolute atomic E-state index is 12.2. The van der Waals surface area contributed by atoms with Crippen molar-refractivity contribution in [2.24, 2.45) is 11.7 Å². The van der Waals surface area contributed by atoms with Gasteiger partial charge in [0.2, 0.25) is 5.91 Å². The van der Waals surface area contributed by atoms with Crippen molar-refractivity contribution in [3.8, 4) is 5.75 Å². The van der Waals surface area contributed by atoms with Crippen molar-refractivity contribution in [3.63, 3.8) is 0 Å². The molecule has 0 fully saturated rings. The van der Waals surface area contributed by atoms with Gasteiger partial charge in [-0.1, -0.05) is 32.0 Å². The topological polar surface area (TPSA) is 77.2 Å². The van der Waals surface area contributed by atoms with Crippen LogP contribution in [0.4, 0.5) is 0 Å². The Hall–Kier alpha value is -1.82. The molecule has 1 aromatic carbocycles. The third kappa shape index (κ3) is 8.61. The molecule has 0 aliphatic heterocycles. The van der Waals surface area contributed by atoms with Gasteiger partial charge in [0, 0.05) is 6.20 Å². The number of nitrogens with one attached hydrogen (secondary N) is 1. The van der Waals surface area contributed by atoms with Gasteiger partial charge in [0.25, 0.3) is 0 Å². The number of nitrogens with zero attached hydrogens (tertiary/aromatic N) is 1. The van der Waals surface area contributed by atoms with E-state index in [1.54, 1.807) is 6.20 Å². The van der Waals surface area contributed by atoms with Gasteiger partial charge in [-0.2, -0.15) is 0 Å². The lowest BCUT2D eigenvalue weighted by molar-refractivity contribution is -0.123. The molecule has 0 bridgehead atoms. The van der Waals surface area contributed by atoms with Crippen LogP contribution in [0.2, 0.25) is 0 Å². The van der Waals surface area contributed by atoms with Gasteiger partial charge in [0.15, 0.2) is 0 Å². The van der Waals surface area contributed by atoms with E-state index in [0.717, 1.165) is 17.0 Å². The van der Waals surface area contributed by atoms with E-state index in [1.807, 2.05) is 49.4 Å². The molecule has 1 amide bonds. The second kappa shape index (κ2) is 12.5. The summed E-state index contributed by atoms with van der Waals surface area (Å²) in [5.41, 5.74) is 7.79. The summed E-state index contributed by atoms with van der Waals surface area (Å²) in [4.78, 5) is 16.4. The van der Waals surface area contributed by atoms with Crippen molar-refractivity contribution >= 4 is 30.7 Å². The van der Waals surface area contributed by atoms with Crippen molar-refractivity contribution in [2.45, 2.75) is 45.9 Å². The smallest absolute Gasteiger partial charge is 0.237 e. The zero-order chi connectivity index (χ0) is 18.2. The third-order valence-corrected chi connectivity index (χ3v) is 3.89. The molecule has 0 aliphatic carbocycles. The first-order chi connectivity index (χ1) is 12.0. The minimum absolute atomic E-state index is 0. The maximum Gasteiger partial charge on any atom is 0.237 e. The molecule has 5 nitrogen and oxygen atoms in total. The number of aromatic nitrogens is 1. The average Bonchev–Trinajstić information content (AvgIpc) is 2.60. The monoisotopic (exact) mass is 413 g/mol. The molecular weight excluding hydrogens is 385 g/mol. The number of nitrogens with two attached hydrogens (primary N) is 1. The lowest BCUT2D eigenvalue weighted by atomic mass is 10.0. The molecule has 1 heterocycles. The Labute approximate surface area is 173 Å². The van der Waals surface area contributed by atoms with Crippen molar-refractivity contribution in [1.82, 2.24) is 10.3 Å². The molecule has 0 aliphatic rings. The lowest BCUT2D eigenvalue weighted by Gasteiger charge is -2.19. The third-order valence-electron chi connectivity index (χ3n) is 3.89. The molecule has 7 heteroatoms. The van der Waals surface area contributed by atoms with E-state index < -0.39 is 6.04 Å². The number of carbonyl (C=O) groups is 1. The predicted octanol–water partition coefficient (Wildman–Crippen LogP) is 4.05. The van der Waals surface area contributed by atoms with Crippen LogP contribution in [0.25, 0.3) is 0 Å². The lowest BCUT2D eigenvalue weighted by Crippen LogP contribution is -2.42. The van der Waals surface area contributed by atoms with E-state index in [0.29, 0.717) is 18.9 Å². The van der Waals surface area contributed by atoms with Crippen LogP contribution in [0.3, 0.4) is 0 Å². The Morgan fingerprint density at radius 3 is 2.52 bits per heavy atom. The quantitative estimate of drug-likeness (QED) is 0.683. The van der Waals surface area contributed by atoms with Crippen molar-refractivity contribution in [2.75, 3.05) is 0 Å². The second-order valence-corrected chi connectivity index (χ2v) is 6.65. The fraction of sp³-hybridized carbons (Fsp3) is 0.400. The summed E-state index contributed by atoms with van der Waals surface area (Å²) < 4.78 is 5.79. The van der Waals surface area contributed by atoms with Gasteiger partial charge in [-0.25, -0.2) is 0 Å². The van der Waals surface area contributed by atoms with E-state index >= 15 is 0 Å². The molecule has 0 radical (unpaired) electrons. The van der Waals surface area contributed by atoms with Gasteiger partial charge in [-0.05, 0) is 49.1 Å². The Kier molecular flexibility index (Phi) is 11.7. The molecule has 0 saturated heterocycles. The minimum Gasteiger partial charge on any atom is -0.487 e. The summed E-state index contributed by atoms with van der Waals surface area (Å²) >= 11 is 0. The van der Waals surface area contributed by atoms with Crippen LogP contribution in [-0.2, 0) is 11.4 Å². The highest BCUT2D eigenvalue weighted by atomic mass is 35.5. The molecule has 3 N–H and O–H groups in total. The SMILES string of the molecule is CC(C)C[C@H](N)C(=O)NC(C)c1cccc(OCc2ccccn2)c1.Cl.Cl. The number of hydrogen-bond donors (Lipinski definition) is 2. The number of carbonyl (C=O) groups excluding carboxylic acids is 1. The van der Waals surface area contributed by atoms with E-state index in [-0.39, 0.29) is 36.8 Å². The van der Waals surface area contributed by atoms with Crippen LogP contribution < -0.4 is 15.8 Å². The minimum atomic E-state index is -0.481. The van der Waals surface area contributed by atoms with E-state index in [1.165, 1.54) is 0 Å². The number of amides is 1. The molecule has 2 atom stereocenters. The Bertz CT molecular complexity index is 684. The number of rotatable bonds is 8. The molecular formula is C20H29Cl2N3O2. The normalized spacial score (nSPS) is 12.3. The molecule has 1 aromatic heterocycles. The first-order valence-electron chi connectivity index (χ1n) is 8.64. The maximum atomic E-state index is 12.2. The number of pyridine rings is 1. The largest absolute Gasteiger partial charge is 0.487 e. The average molecular weight is 414 g/mol. The Morgan fingerprint density at radius 1 is 1.15 bits per heavy atom. The predicted molar refractivity (Wildman–Crippen MR) is 113 cm³/mol. The molecule has 2 rings (SSSR count).